The van der Waals surface area contributed by atoms with Crippen LogP contribution in [-0.2, 0) is 6.42 Å². The van der Waals surface area contributed by atoms with E-state index in [1.165, 1.54) is 19.3 Å². The molecule has 2 fully saturated rings. The van der Waals surface area contributed by atoms with Gasteiger partial charge in [0.2, 0.25) is 0 Å². The molecule has 2 aliphatic carbocycles. The van der Waals surface area contributed by atoms with E-state index in [0.717, 1.165) is 24.1 Å². The van der Waals surface area contributed by atoms with Crippen LogP contribution in [0.5, 0.6) is 0 Å². The smallest absolute Gasteiger partial charge is 0.138 e. The molecule has 1 aromatic heterocycles. The number of aromatic nitrogens is 3. The number of aliphatic hydroxyl groups excluding tert-OH is 1. The summed E-state index contributed by atoms with van der Waals surface area (Å²) in [7, 11) is 0. The number of nitrogens with zero attached hydrogens (tertiary/aromatic N) is 3. The van der Waals surface area contributed by atoms with Gasteiger partial charge in [-0.1, -0.05) is 0 Å². The minimum atomic E-state index is 0.0905. The molecule has 2 atom stereocenters. The molecule has 3 rings (SSSR count). The lowest BCUT2D eigenvalue weighted by atomic mass is 9.80. The molecule has 0 amide bonds. The Labute approximate surface area is 102 Å². The van der Waals surface area contributed by atoms with Crippen molar-refractivity contribution in [2.45, 2.75) is 45.6 Å². The molecule has 1 heterocycles. The van der Waals surface area contributed by atoms with Gasteiger partial charge < -0.3 is 5.11 Å². The molecule has 2 unspecified atom stereocenters. The third-order valence-electron chi connectivity index (χ3n) is 4.46. The van der Waals surface area contributed by atoms with Crippen molar-refractivity contribution in [1.29, 1.82) is 0 Å². The highest BCUT2D eigenvalue weighted by Gasteiger charge is 2.53. The molecular weight excluding hydrogens is 214 g/mol. The second kappa shape index (κ2) is 3.80. The number of fused-ring (bicyclic) bond motifs is 1. The van der Waals surface area contributed by atoms with E-state index < -0.39 is 0 Å². The van der Waals surface area contributed by atoms with Crippen molar-refractivity contribution in [1.82, 2.24) is 14.8 Å². The Hall–Kier alpha value is -0.900. The Balaban J connectivity index is 1.78. The predicted octanol–water partition coefficient (Wildman–Crippen LogP) is 1.81. The van der Waals surface area contributed by atoms with E-state index in [0.29, 0.717) is 12.6 Å². The zero-order valence-electron chi connectivity index (χ0n) is 10.6. The van der Waals surface area contributed by atoms with Crippen LogP contribution in [0, 0.1) is 17.3 Å². The van der Waals surface area contributed by atoms with Crippen LogP contribution in [0.4, 0.5) is 0 Å². The van der Waals surface area contributed by atoms with Crippen LogP contribution < -0.4 is 0 Å². The van der Waals surface area contributed by atoms with Gasteiger partial charge in [-0.05, 0) is 44.9 Å². The van der Waals surface area contributed by atoms with Crippen molar-refractivity contribution < 1.29 is 5.11 Å². The highest BCUT2D eigenvalue weighted by atomic mass is 16.3. The fourth-order valence-corrected chi connectivity index (χ4v) is 3.50. The first kappa shape index (κ1) is 11.2. The van der Waals surface area contributed by atoms with E-state index in [1.807, 2.05) is 4.68 Å². The normalized spacial score (nSPS) is 35.3. The Kier molecular flexibility index (Phi) is 2.51. The maximum Gasteiger partial charge on any atom is 0.138 e. The topological polar surface area (TPSA) is 50.9 Å². The second-order valence-corrected chi connectivity index (χ2v) is 6.21. The largest absolute Gasteiger partial charge is 0.396 e. The van der Waals surface area contributed by atoms with Crippen molar-refractivity contribution >= 4 is 0 Å². The van der Waals surface area contributed by atoms with Gasteiger partial charge in [0, 0.05) is 24.5 Å². The van der Waals surface area contributed by atoms with E-state index in [-0.39, 0.29) is 5.41 Å². The maximum absolute atomic E-state index is 9.73. The van der Waals surface area contributed by atoms with Gasteiger partial charge >= 0.3 is 0 Å². The molecule has 94 valence electrons. The Bertz CT molecular complexity index is 403. The minimum Gasteiger partial charge on any atom is -0.396 e. The van der Waals surface area contributed by atoms with Crippen LogP contribution in [0.1, 0.15) is 45.0 Å². The summed E-state index contributed by atoms with van der Waals surface area (Å²) in [6.45, 7) is 4.54. The minimum absolute atomic E-state index is 0.0905. The Morgan fingerprint density at radius 1 is 1.47 bits per heavy atom. The summed E-state index contributed by atoms with van der Waals surface area (Å²) < 4.78 is 1.99. The molecule has 0 aromatic carbocycles. The van der Waals surface area contributed by atoms with Gasteiger partial charge in [0.05, 0.1) is 0 Å². The molecule has 0 spiro atoms. The molecular formula is C13H21N3O. The summed E-state index contributed by atoms with van der Waals surface area (Å²) in [6, 6.07) is 0.346. The molecule has 17 heavy (non-hydrogen) atoms. The first-order valence-electron chi connectivity index (χ1n) is 6.63. The molecule has 1 aromatic rings. The monoisotopic (exact) mass is 235 g/mol. The van der Waals surface area contributed by atoms with Gasteiger partial charge in [-0.3, -0.25) is 0 Å². The molecule has 2 aliphatic rings. The molecule has 1 N–H and O–H groups in total. The van der Waals surface area contributed by atoms with Gasteiger partial charge in [-0.2, -0.15) is 5.10 Å². The molecule has 4 heteroatoms. The number of hydrogen-bond acceptors (Lipinski definition) is 3. The van der Waals surface area contributed by atoms with Gasteiger partial charge in [-0.15, -0.1) is 0 Å². The van der Waals surface area contributed by atoms with Crippen molar-refractivity contribution in [3.63, 3.8) is 0 Å². The zero-order valence-corrected chi connectivity index (χ0v) is 10.6. The van der Waals surface area contributed by atoms with Crippen molar-refractivity contribution in [2.75, 3.05) is 6.61 Å². The highest BCUT2D eigenvalue weighted by molar-refractivity contribution is 5.07. The van der Waals surface area contributed by atoms with Crippen LogP contribution in [0.3, 0.4) is 0 Å². The van der Waals surface area contributed by atoms with Crippen LogP contribution >= 0.6 is 0 Å². The quantitative estimate of drug-likeness (QED) is 0.866. The summed E-state index contributed by atoms with van der Waals surface area (Å²) in [5, 5.41) is 14.0. The predicted molar refractivity (Wildman–Crippen MR) is 64.5 cm³/mol. The molecule has 4 nitrogen and oxygen atoms in total. The van der Waals surface area contributed by atoms with E-state index in [4.69, 9.17) is 0 Å². The summed E-state index contributed by atoms with van der Waals surface area (Å²) in [5.74, 6) is 2.81. The van der Waals surface area contributed by atoms with Gasteiger partial charge in [0.15, 0.2) is 0 Å². The molecule has 0 saturated heterocycles. The summed E-state index contributed by atoms with van der Waals surface area (Å²) in [6.07, 6.45) is 6.27. The van der Waals surface area contributed by atoms with Crippen molar-refractivity contribution in [3.8, 4) is 0 Å². The van der Waals surface area contributed by atoms with Crippen LogP contribution in [0.2, 0.25) is 0 Å². The fraction of sp³-hybridized carbons (Fsp3) is 0.846. The number of rotatable bonds is 4. The van der Waals surface area contributed by atoms with Gasteiger partial charge in [0.1, 0.15) is 12.2 Å². The summed E-state index contributed by atoms with van der Waals surface area (Å²) >= 11 is 0. The molecule has 0 radical (unpaired) electrons. The van der Waals surface area contributed by atoms with E-state index in [2.05, 4.69) is 23.9 Å². The number of hydrogen-bond donors (Lipinski definition) is 1. The Morgan fingerprint density at radius 3 is 2.76 bits per heavy atom. The lowest BCUT2D eigenvalue weighted by Gasteiger charge is -2.28. The SMILES string of the molecule is CC(C)n1ncnc1CC1(CO)CC2CC2C1. The highest BCUT2D eigenvalue weighted by Crippen LogP contribution is 2.60. The third-order valence-corrected chi connectivity index (χ3v) is 4.46. The van der Waals surface area contributed by atoms with Crippen LogP contribution in [-0.4, -0.2) is 26.5 Å². The van der Waals surface area contributed by atoms with Gasteiger partial charge in [-0.25, -0.2) is 9.67 Å². The molecule has 2 saturated carbocycles. The third kappa shape index (κ3) is 1.88. The van der Waals surface area contributed by atoms with Gasteiger partial charge in [0.25, 0.3) is 0 Å². The first-order chi connectivity index (χ1) is 8.13. The summed E-state index contributed by atoms with van der Waals surface area (Å²) in [4.78, 5) is 4.37. The fourth-order valence-electron chi connectivity index (χ4n) is 3.50. The first-order valence-corrected chi connectivity index (χ1v) is 6.63. The lowest BCUT2D eigenvalue weighted by Crippen LogP contribution is -2.28. The summed E-state index contributed by atoms with van der Waals surface area (Å²) in [5.41, 5.74) is 0.0905. The average molecular weight is 235 g/mol. The van der Waals surface area contributed by atoms with Crippen LogP contribution in [0.15, 0.2) is 6.33 Å². The second-order valence-electron chi connectivity index (χ2n) is 6.21. The van der Waals surface area contributed by atoms with E-state index in [1.54, 1.807) is 6.33 Å². The molecule has 0 bridgehead atoms. The van der Waals surface area contributed by atoms with Crippen molar-refractivity contribution in [3.05, 3.63) is 12.2 Å². The van der Waals surface area contributed by atoms with Crippen molar-refractivity contribution in [2.24, 2.45) is 17.3 Å². The van der Waals surface area contributed by atoms with Crippen LogP contribution in [0.25, 0.3) is 0 Å². The van der Waals surface area contributed by atoms with E-state index >= 15 is 0 Å². The standard InChI is InChI=1S/C13H21N3O/c1-9(2)16-12(14-8-15-16)6-13(7-17)4-10-3-11(10)5-13/h8-11,17H,3-7H2,1-2H3. The maximum atomic E-state index is 9.73. The zero-order chi connectivity index (χ0) is 12.0. The Morgan fingerprint density at radius 2 is 2.18 bits per heavy atom. The number of aliphatic hydroxyl groups is 1. The van der Waals surface area contributed by atoms with E-state index in [9.17, 15) is 5.11 Å². The lowest BCUT2D eigenvalue weighted by molar-refractivity contribution is 0.113. The average Bonchev–Trinajstić information content (AvgIpc) is 2.76. The molecule has 0 aliphatic heterocycles.